The van der Waals surface area contributed by atoms with Crippen LogP contribution in [-0.2, 0) is 9.53 Å². The smallest absolute Gasteiger partial charge is 0.337 e. The van der Waals surface area contributed by atoms with Gasteiger partial charge in [0.25, 0.3) is 0 Å². The fourth-order valence-electron chi connectivity index (χ4n) is 1.60. The Kier molecular flexibility index (Phi) is 5.48. The third-order valence-electron chi connectivity index (χ3n) is 2.69. The van der Waals surface area contributed by atoms with Crippen molar-refractivity contribution >= 4 is 11.9 Å². The molecule has 0 heterocycles. The summed E-state index contributed by atoms with van der Waals surface area (Å²) < 4.78 is 4.53. The maximum absolute atomic E-state index is 11.4. The number of carbonyl (C=O) groups excluding carboxylic acids is 2. The summed E-state index contributed by atoms with van der Waals surface area (Å²) in [7, 11) is 1.21. The Labute approximate surface area is 115 Å². The van der Waals surface area contributed by atoms with E-state index in [1.807, 2.05) is 0 Å². The van der Waals surface area contributed by atoms with E-state index in [9.17, 15) is 24.9 Å². The first-order valence-electron chi connectivity index (χ1n) is 5.88. The molecule has 0 saturated carbocycles. The van der Waals surface area contributed by atoms with Gasteiger partial charge in [0.05, 0.1) is 12.7 Å². The Morgan fingerprint density at radius 3 is 2.55 bits per heavy atom. The van der Waals surface area contributed by atoms with E-state index in [4.69, 9.17) is 0 Å². The van der Waals surface area contributed by atoms with Gasteiger partial charge >= 0.3 is 5.97 Å². The van der Waals surface area contributed by atoms with Gasteiger partial charge in [-0.25, -0.2) is 4.79 Å². The summed E-state index contributed by atoms with van der Waals surface area (Å²) in [6.07, 6.45) is -2.77. The van der Waals surface area contributed by atoms with Gasteiger partial charge in [-0.3, -0.25) is 4.79 Å². The molecule has 0 bridgehead atoms. The summed E-state index contributed by atoms with van der Waals surface area (Å²) in [6, 6.07) is 3.77. The Hall–Kier alpha value is -2.12. The van der Waals surface area contributed by atoms with E-state index in [0.717, 1.165) is 0 Å². The fourth-order valence-corrected chi connectivity index (χ4v) is 1.60. The predicted octanol–water partition coefficient (Wildman–Crippen LogP) is -0.291. The number of esters is 1. The molecule has 1 rings (SSSR count). The maximum Gasteiger partial charge on any atom is 0.337 e. The van der Waals surface area contributed by atoms with Crippen LogP contribution in [0.1, 0.15) is 28.9 Å². The average molecular weight is 283 g/mol. The van der Waals surface area contributed by atoms with E-state index in [-0.39, 0.29) is 29.3 Å². The minimum absolute atomic E-state index is 0.0225. The highest BCUT2D eigenvalue weighted by atomic mass is 16.5. The molecule has 0 fully saturated rings. The normalized spacial score (nSPS) is 13.4. The lowest BCUT2D eigenvalue weighted by atomic mass is 10.0. The van der Waals surface area contributed by atoms with E-state index < -0.39 is 18.2 Å². The van der Waals surface area contributed by atoms with Gasteiger partial charge in [-0.2, -0.15) is 0 Å². The molecule has 0 aliphatic heterocycles. The molecule has 0 aromatic heterocycles. The summed E-state index contributed by atoms with van der Waals surface area (Å²) in [5, 5.41) is 31.7. The maximum atomic E-state index is 11.4. The largest absolute Gasteiger partial charge is 0.508 e. The number of nitrogens with one attached hydrogen (secondary N) is 1. The number of phenolic OH excluding ortho intramolecular Hbond substituents is 1. The molecule has 1 aromatic rings. The van der Waals surface area contributed by atoms with Gasteiger partial charge in [0.2, 0.25) is 5.91 Å². The Balaban J connectivity index is 2.93. The summed E-state index contributed by atoms with van der Waals surface area (Å²) >= 11 is 0. The number of methoxy groups -OCH3 is 1. The van der Waals surface area contributed by atoms with Crippen molar-refractivity contribution < 1.29 is 29.6 Å². The Morgan fingerprint density at radius 1 is 1.35 bits per heavy atom. The monoisotopic (exact) mass is 283 g/mol. The molecule has 20 heavy (non-hydrogen) atoms. The number of aromatic hydroxyl groups is 1. The molecule has 0 spiro atoms. The van der Waals surface area contributed by atoms with Crippen molar-refractivity contribution in [2.75, 3.05) is 13.7 Å². The number of rotatable bonds is 5. The van der Waals surface area contributed by atoms with Crippen LogP contribution >= 0.6 is 0 Å². The van der Waals surface area contributed by atoms with E-state index in [2.05, 4.69) is 10.1 Å². The lowest BCUT2D eigenvalue weighted by molar-refractivity contribution is -0.119. The minimum Gasteiger partial charge on any atom is -0.508 e. The van der Waals surface area contributed by atoms with Crippen LogP contribution < -0.4 is 5.32 Å². The number of phenols is 1. The predicted molar refractivity (Wildman–Crippen MR) is 69.1 cm³/mol. The molecule has 0 aliphatic rings. The van der Waals surface area contributed by atoms with Crippen LogP contribution in [0.25, 0.3) is 0 Å². The summed E-state index contributed by atoms with van der Waals surface area (Å²) in [5.41, 5.74) is 0.108. The van der Waals surface area contributed by atoms with Crippen molar-refractivity contribution in [3.8, 4) is 5.75 Å². The second kappa shape index (κ2) is 6.88. The number of aliphatic hydroxyl groups is 2. The quantitative estimate of drug-likeness (QED) is 0.552. The number of aliphatic hydroxyl groups excluding tert-OH is 2. The number of hydrogen-bond acceptors (Lipinski definition) is 6. The zero-order chi connectivity index (χ0) is 15.3. The average Bonchev–Trinajstić information content (AvgIpc) is 2.43. The van der Waals surface area contributed by atoms with Crippen molar-refractivity contribution in [1.29, 1.82) is 0 Å². The first kappa shape index (κ1) is 15.9. The second-order valence-electron chi connectivity index (χ2n) is 4.21. The lowest BCUT2D eigenvalue weighted by Gasteiger charge is -2.19. The summed E-state index contributed by atoms with van der Waals surface area (Å²) in [4.78, 5) is 22.1. The van der Waals surface area contributed by atoms with Crippen LogP contribution in [-0.4, -0.2) is 47.0 Å². The number of benzene rings is 1. The molecular formula is C13H17NO6. The van der Waals surface area contributed by atoms with Gasteiger partial charge in [-0.05, 0) is 18.2 Å². The van der Waals surface area contributed by atoms with E-state index in [0.29, 0.717) is 0 Å². The van der Waals surface area contributed by atoms with Gasteiger partial charge in [-0.15, -0.1) is 0 Å². The standard InChI is InChI=1S/C13H17NO6/c1-7(15)14-6-11(17)12(18)9-5-8(13(19)20-2)3-4-10(9)16/h3-5,11-12,16-18H,6H2,1-2H3,(H,14,15). The van der Waals surface area contributed by atoms with Gasteiger partial charge in [-0.1, -0.05) is 0 Å². The fraction of sp³-hybridized carbons (Fsp3) is 0.385. The number of ether oxygens (including phenoxy) is 1. The topological polar surface area (TPSA) is 116 Å². The second-order valence-corrected chi connectivity index (χ2v) is 4.21. The van der Waals surface area contributed by atoms with Crippen LogP contribution in [0, 0.1) is 0 Å². The molecule has 2 unspecified atom stereocenters. The lowest BCUT2D eigenvalue weighted by Crippen LogP contribution is -2.34. The van der Waals surface area contributed by atoms with Crippen LogP contribution in [0.3, 0.4) is 0 Å². The number of carbonyl (C=O) groups is 2. The molecule has 7 heteroatoms. The highest BCUT2D eigenvalue weighted by Gasteiger charge is 2.23. The summed E-state index contributed by atoms with van der Waals surface area (Å²) in [6.45, 7) is 1.09. The SMILES string of the molecule is COC(=O)c1ccc(O)c(C(O)C(O)CNC(C)=O)c1. The first-order chi connectivity index (χ1) is 9.36. The molecular weight excluding hydrogens is 266 g/mol. The number of amides is 1. The van der Waals surface area contributed by atoms with E-state index in [1.54, 1.807) is 0 Å². The van der Waals surface area contributed by atoms with Crippen molar-refractivity contribution in [1.82, 2.24) is 5.32 Å². The van der Waals surface area contributed by atoms with Crippen molar-refractivity contribution in [2.45, 2.75) is 19.1 Å². The zero-order valence-corrected chi connectivity index (χ0v) is 11.2. The molecule has 2 atom stereocenters. The minimum atomic E-state index is -1.45. The van der Waals surface area contributed by atoms with Crippen LogP contribution in [0.2, 0.25) is 0 Å². The summed E-state index contributed by atoms with van der Waals surface area (Å²) in [5.74, 6) is -1.26. The van der Waals surface area contributed by atoms with Gasteiger partial charge in [0, 0.05) is 19.0 Å². The first-order valence-corrected chi connectivity index (χ1v) is 5.88. The highest BCUT2D eigenvalue weighted by Crippen LogP contribution is 2.27. The third kappa shape index (κ3) is 3.94. The Morgan fingerprint density at radius 2 is 2.00 bits per heavy atom. The zero-order valence-electron chi connectivity index (χ0n) is 11.2. The molecule has 110 valence electrons. The van der Waals surface area contributed by atoms with Crippen LogP contribution in [0.15, 0.2) is 18.2 Å². The molecule has 1 amide bonds. The third-order valence-corrected chi connectivity index (χ3v) is 2.69. The molecule has 0 radical (unpaired) electrons. The molecule has 4 N–H and O–H groups in total. The highest BCUT2D eigenvalue weighted by molar-refractivity contribution is 5.89. The van der Waals surface area contributed by atoms with Gasteiger partial charge < -0.3 is 25.4 Å². The van der Waals surface area contributed by atoms with E-state index in [1.165, 1.54) is 32.2 Å². The van der Waals surface area contributed by atoms with Crippen molar-refractivity contribution in [2.24, 2.45) is 0 Å². The molecule has 0 aliphatic carbocycles. The van der Waals surface area contributed by atoms with Crippen LogP contribution in [0.5, 0.6) is 5.75 Å². The van der Waals surface area contributed by atoms with Crippen molar-refractivity contribution in [3.63, 3.8) is 0 Å². The molecule has 0 saturated heterocycles. The Bertz CT molecular complexity index is 502. The number of hydrogen-bond donors (Lipinski definition) is 4. The van der Waals surface area contributed by atoms with Gasteiger partial charge in [0.1, 0.15) is 18.0 Å². The molecule has 1 aromatic carbocycles. The van der Waals surface area contributed by atoms with Crippen molar-refractivity contribution in [3.05, 3.63) is 29.3 Å². The van der Waals surface area contributed by atoms with Crippen LogP contribution in [0.4, 0.5) is 0 Å². The molecule has 7 nitrogen and oxygen atoms in total. The van der Waals surface area contributed by atoms with E-state index >= 15 is 0 Å². The van der Waals surface area contributed by atoms with Gasteiger partial charge in [0.15, 0.2) is 0 Å².